The van der Waals surface area contributed by atoms with E-state index in [2.05, 4.69) is 10.0 Å². The van der Waals surface area contributed by atoms with Crippen molar-refractivity contribution >= 4 is 21.4 Å². The zero-order valence-corrected chi connectivity index (χ0v) is 13.8. The molecule has 21 heavy (non-hydrogen) atoms. The van der Waals surface area contributed by atoms with Crippen LogP contribution in [0, 0.1) is 5.92 Å². The molecule has 1 aromatic rings. The Hall–Kier alpha value is -1.31. The maximum absolute atomic E-state index is 12.0. The molecule has 0 aliphatic heterocycles. The number of aliphatic hydroxyl groups is 1. The van der Waals surface area contributed by atoms with Crippen LogP contribution in [0.4, 0.5) is 11.4 Å². The Balaban J connectivity index is 3.00. The van der Waals surface area contributed by atoms with Crippen molar-refractivity contribution in [3.8, 4) is 0 Å². The fraction of sp³-hybridized carbons (Fsp3) is 0.571. The normalized spacial score (nSPS) is 15.0. The van der Waals surface area contributed by atoms with Gasteiger partial charge in [0.1, 0.15) is 4.90 Å². The third-order valence-electron chi connectivity index (χ3n) is 3.07. The first-order valence-corrected chi connectivity index (χ1v) is 8.35. The van der Waals surface area contributed by atoms with Crippen LogP contribution >= 0.6 is 0 Å². The Bertz CT molecular complexity index is 583. The molecule has 1 atom stereocenters. The summed E-state index contributed by atoms with van der Waals surface area (Å²) in [4.78, 5) is 0.0744. The summed E-state index contributed by atoms with van der Waals surface area (Å²) in [7, 11) is -2.27. The quantitative estimate of drug-likeness (QED) is 0.569. The number of nitrogen functional groups attached to an aromatic ring is 1. The lowest BCUT2D eigenvalue weighted by molar-refractivity contribution is 0.0515. The van der Waals surface area contributed by atoms with E-state index in [0.717, 1.165) is 0 Å². The fourth-order valence-electron chi connectivity index (χ4n) is 2.25. The van der Waals surface area contributed by atoms with Gasteiger partial charge in [-0.3, -0.25) is 0 Å². The Labute approximate surface area is 126 Å². The predicted molar refractivity (Wildman–Crippen MR) is 85.7 cm³/mol. The molecule has 0 saturated heterocycles. The molecule has 0 saturated carbocycles. The van der Waals surface area contributed by atoms with Gasteiger partial charge in [-0.05, 0) is 44.5 Å². The van der Waals surface area contributed by atoms with Crippen molar-refractivity contribution in [1.29, 1.82) is 0 Å². The van der Waals surface area contributed by atoms with Crippen molar-refractivity contribution in [2.45, 2.75) is 37.7 Å². The SMILES string of the molecule is CNS(=O)(=O)c1cc(N)ccc1NCC(C)(O)CC(C)C. The first-order chi connectivity index (χ1) is 9.57. The summed E-state index contributed by atoms with van der Waals surface area (Å²) < 4.78 is 26.3. The molecule has 6 nitrogen and oxygen atoms in total. The Morgan fingerprint density at radius 2 is 2.00 bits per heavy atom. The van der Waals surface area contributed by atoms with Crippen molar-refractivity contribution in [2.24, 2.45) is 5.92 Å². The van der Waals surface area contributed by atoms with Crippen LogP contribution in [0.25, 0.3) is 0 Å². The van der Waals surface area contributed by atoms with Crippen LogP contribution in [0.3, 0.4) is 0 Å². The van der Waals surface area contributed by atoms with Gasteiger partial charge in [-0.1, -0.05) is 13.8 Å². The van der Waals surface area contributed by atoms with Gasteiger partial charge in [-0.25, -0.2) is 13.1 Å². The molecule has 0 aliphatic rings. The zero-order chi connectivity index (χ0) is 16.3. The van der Waals surface area contributed by atoms with E-state index in [0.29, 0.717) is 23.7 Å². The molecule has 0 fully saturated rings. The summed E-state index contributed by atoms with van der Waals surface area (Å²) >= 11 is 0. The molecule has 0 aromatic heterocycles. The van der Waals surface area contributed by atoms with Crippen LogP contribution in [-0.4, -0.2) is 32.7 Å². The molecular weight excluding hydrogens is 290 g/mol. The summed E-state index contributed by atoms with van der Waals surface area (Å²) in [5, 5.41) is 13.3. The second-order valence-corrected chi connectivity index (χ2v) is 7.77. The second kappa shape index (κ2) is 6.64. The van der Waals surface area contributed by atoms with Crippen molar-refractivity contribution in [3.05, 3.63) is 18.2 Å². The molecular formula is C14H25N3O3S. The summed E-state index contributed by atoms with van der Waals surface area (Å²) in [5.41, 5.74) is 5.52. The predicted octanol–water partition coefficient (Wildman–Crippen LogP) is 1.39. The third kappa shape index (κ3) is 5.18. The number of nitrogens with one attached hydrogen (secondary N) is 2. The maximum Gasteiger partial charge on any atom is 0.242 e. The van der Waals surface area contributed by atoms with Gasteiger partial charge in [-0.2, -0.15) is 0 Å². The Morgan fingerprint density at radius 1 is 1.38 bits per heavy atom. The highest BCUT2D eigenvalue weighted by molar-refractivity contribution is 7.89. The molecule has 120 valence electrons. The molecule has 7 heteroatoms. The van der Waals surface area contributed by atoms with E-state index in [1.165, 1.54) is 13.1 Å². The van der Waals surface area contributed by atoms with E-state index < -0.39 is 15.6 Å². The van der Waals surface area contributed by atoms with Gasteiger partial charge < -0.3 is 16.2 Å². The Kier molecular flexibility index (Phi) is 5.61. The number of sulfonamides is 1. The minimum atomic E-state index is -3.62. The van der Waals surface area contributed by atoms with E-state index in [1.54, 1.807) is 19.1 Å². The average Bonchev–Trinajstić information content (AvgIpc) is 2.35. The molecule has 0 bridgehead atoms. The van der Waals surface area contributed by atoms with Crippen molar-refractivity contribution in [2.75, 3.05) is 24.6 Å². The highest BCUT2D eigenvalue weighted by atomic mass is 32.2. The maximum atomic E-state index is 12.0. The number of benzene rings is 1. The number of hydrogen-bond acceptors (Lipinski definition) is 5. The lowest BCUT2D eigenvalue weighted by Crippen LogP contribution is -2.35. The second-order valence-electron chi connectivity index (χ2n) is 5.91. The minimum absolute atomic E-state index is 0.0744. The summed E-state index contributed by atoms with van der Waals surface area (Å²) in [6, 6.07) is 4.62. The van der Waals surface area contributed by atoms with Crippen molar-refractivity contribution in [1.82, 2.24) is 4.72 Å². The van der Waals surface area contributed by atoms with Gasteiger partial charge in [0.05, 0.1) is 11.3 Å². The number of hydrogen-bond donors (Lipinski definition) is 4. The Morgan fingerprint density at radius 3 is 2.52 bits per heavy atom. The molecule has 0 amide bonds. The number of rotatable bonds is 7. The third-order valence-corrected chi connectivity index (χ3v) is 4.53. The standard InChI is InChI=1S/C14H25N3O3S/c1-10(2)8-14(3,18)9-17-12-6-5-11(15)7-13(12)21(19,20)16-4/h5-7,10,16-18H,8-9,15H2,1-4H3. The molecule has 1 unspecified atom stereocenters. The van der Waals surface area contributed by atoms with E-state index in [1.807, 2.05) is 13.8 Å². The largest absolute Gasteiger partial charge is 0.399 e. The molecule has 0 aliphatic carbocycles. The number of nitrogens with two attached hydrogens (primary N) is 1. The smallest absolute Gasteiger partial charge is 0.242 e. The van der Waals surface area contributed by atoms with Crippen LogP contribution < -0.4 is 15.8 Å². The monoisotopic (exact) mass is 315 g/mol. The van der Waals surface area contributed by atoms with E-state index >= 15 is 0 Å². The van der Waals surface area contributed by atoms with Gasteiger partial charge in [0.25, 0.3) is 0 Å². The van der Waals surface area contributed by atoms with Gasteiger partial charge in [0.15, 0.2) is 0 Å². The van der Waals surface area contributed by atoms with Gasteiger partial charge in [0, 0.05) is 12.2 Å². The van der Waals surface area contributed by atoms with Crippen LogP contribution in [0.5, 0.6) is 0 Å². The molecule has 0 heterocycles. The molecule has 0 spiro atoms. The molecule has 0 radical (unpaired) electrons. The topological polar surface area (TPSA) is 104 Å². The zero-order valence-electron chi connectivity index (χ0n) is 13.0. The van der Waals surface area contributed by atoms with E-state index in [9.17, 15) is 13.5 Å². The number of anilines is 2. The van der Waals surface area contributed by atoms with Crippen LogP contribution in [-0.2, 0) is 10.0 Å². The van der Waals surface area contributed by atoms with Gasteiger partial charge >= 0.3 is 0 Å². The average molecular weight is 315 g/mol. The van der Waals surface area contributed by atoms with Crippen LogP contribution in [0.2, 0.25) is 0 Å². The minimum Gasteiger partial charge on any atom is -0.399 e. The molecule has 5 N–H and O–H groups in total. The highest BCUT2D eigenvalue weighted by Gasteiger charge is 2.23. The van der Waals surface area contributed by atoms with Crippen LogP contribution in [0.15, 0.2) is 23.1 Å². The first-order valence-electron chi connectivity index (χ1n) is 6.87. The lowest BCUT2D eigenvalue weighted by Gasteiger charge is -2.26. The lowest BCUT2D eigenvalue weighted by atomic mass is 9.94. The summed E-state index contributed by atoms with van der Waals surface area (Å²) in [6.07, 6.45) is 0.614. The molecule has 1 rings (SSSR count). The van der Waals surface area contributed by atoms with E-state index in [4.69, 9.17) is 5.73 Å². The van der Waals surface area contributed by atoms with Gasteiger partial charge in [0.2, 0.25) is 10.0 Å². The van der Waals surface area contributed by atoms with Crippen LogP contribution in [0.1, 0.15) is 27.2 Å². The van der Waals surface area contributed by atoms with Gasteiger partial charge in [-0.15, -0.1) is 0 Å². The highest BCUT2D eigenvalue weighted by Crippen LogP contribution is 2.25. The summed E-state index contributed by atoms with van der Waals surface area (Å²) in [6.45, 7) is 6.02. The van der Waals surface area contributed by atoms with E-state index in [-0.39, 0.29) is 11.4 Å². The molecule has 1 aromatic carbocycles. The fourth-order valence-corrected chi connectivity index (χ4v) is 3.20. The summed E-state index contributed by atoms with van der Waals surface area (Å²) in [5.74, 6) is 0.341. The van der Waals surface area contributed by atoms with Crippen molar-refractivity contribution in [3.63, 3.8) is 0 Å². The first kappa shape index (κ1) is 17.7. The van der Waals surface area contributed by atoms with Crippen molar-refractivity contribution < 1.29 is 13.5 Å².